The summed E-state index contributed by atoms with van der Waals surface area (Å²) >= 11 is 0. The normalized spacial score (nSPS) is 10.9. The molecule has 1 aromatic heterocycles. The van der Waals surface area contributed by atoms with E-state index in [0.717, 1.165) is 12.0 Å². The third-order valence-electron chi connectivity index (χ3n) is 3.44. The molecule has 0 aliphatic heterocycles. The van der Waals surface area contributed by atoms with Crippen molar-refractivity contribution in [3.63, 3.8) is 0 Å². The fourth-order valence-corrected chi connectivity index (χ4v) is 1.94. The van der Waals surface area contributed by atoms with Gasteiger partial charge < -0.3 is 15.5 Å². The highest BCUT2D eigenvalue weighted by Crippen LogP contribution is 2.23. The van der Waals surface area contributed by atoms with E-state index < -0.39 is 5.54 Å². The fourth-order valence-electron chi connectivity index (χ4n) is 1.94. The van der Waals surface area contributed by atoms with E-state index in [1.807, 2.05) is 32.0 Å². The maximum atomic E-state index is 12.1. The molecule has 0 radical (unpaired) electrons. The van der Waals surface area contributed by atoms with E-state index in [1.54, 1.807) is 6.07 Å². The molecular weight excluding hydrogens is 300 g/mol. The van der Waals surface area contributed by atoms with Crippen molar-refractivity contribution in [1.29, 1.82) is 0 Å². The van der Waals surface area contributed by atoms with E-state index in [0.29, 0.717) is 18.1 Å². The number of nitrogens with one attached hydrogen (secondary N) is 1. The molecule has 2 rings (SSSR count). The molecule has 1 amide bonds. The SMILES string of the molecule is CCc1ccc(-c2ccc(C(=O)NC(C)(C)CN)o2)cc1.Cl. The Morgan fingerprint density at radius 1 is 1.18 bits per heavy atom. The molecule has 4 nitrogen and oxygen atoms in total. The Morgan fingerprint density at radius 3 is 2.36 bits per heavy atom. The van der Waals surface area contributed by atoms with Crippen LogP contribution in [-0.4, -0.2) is 18.0 Å². The lowest BCUT2D eigenvalue weighted by molar-refractivity contribution is 0.0888. The van der Waals surface area contributed by atoms with Crippen LogP contribution >= 0.6 is 12.4 Å². The molecule has 1 heterocycles. The predicted molar refractivity (Wildman–Crippen MR) is 91.4 cm³/mol. The van der Waals surface area contributed by atoms with E-state index in [4.69, 9.17) is 10.2 Å². The molecule has 0 atom stereocenters. The zero-order chi connectivity index (χ0) is 15.5. The molecule has 0 unspecified atom stereocenters. The van der Waals surface area contributed by atoms with Crippen molar-refractivity contribution in [2.75, 3.05) is 6.54 Å². The number of hydrogen-bond donors (Lipinski definition) is 2. The second-order valence-corrected chi connectivity index (χ2v) is 5.76. The molecule has 1 aromatic carbocycles. The zero-order valence-corrected chi connectivity index (χ0v) is 14.0. The number of carbonyl (C=O) groups is 1. The summed E-state index contributed by atoms with van der Waals surface area (Å²) in [7, 11) is 0. The van der Waals surface area contributed by atoms with Crippen LogP contribution in [0.5, 0.6) is 0 Å². The molecule has 5 heteroatoms. The number of carbonyl (C=O) groups excluding carboxylic acids is 1. The van der Waals surface area contributed by atoms with Gasteiger partial charge in [0.2, 0.25) is 0 Å². The van der Waals surface area contributed by atoms with Crippen LogP contribution in [0.1, 0.15) is 36.9 Å². The molecule has 0 aliphatic carbocycles. The van der Waals surface area contributed by atoms with Gasteiger partial charge in [0.25, 0.3) is 5.91 Å². The largest absolute Gasteiger partial charge is 0.451 e. The van der Waals surface area contributed by atoms with Gasteiger partial charge in [-0.05, 0) is 38.0 Å². The summed E-state index contributed by atoms with van der Waals surface area (Å²) in [6.07, 6.45) is 1.00. The van der Waals surface area contributed by atoms with Gasteiger partial charge in [-0.25, -0.2) is 0 Å². The topological polar surface area (TPSA) is 68.3 Å². The van der Waals surface area contributed by atoms with Crippen LogP contribution in [-0.2, 0) is 6.42 Å². The van der Waals surface area contributed by atoms with Crippen molar-refractivity contribution < 1.29 is 9.21 Å². The fraction of sp³-hybridized carbons (Fsp3) is 0.353. The molecule has 0 saturated carbocycles. The minimum Gasteiger partial charge on any atom is -0.451 e. The number of rotatable bonds is 5. The molecule has 3 N–H and O–H groups in total. The van der Waals surface area contributed by atoms with E-state index in [2.05, 4.69) is 24.4 Å². The van der Waals surface area contributed by atoms with E-state index >= 15 is 0 Å². The maximum absolute atomic E-state index is 12.1. The molecule has 22 heavy (non-hydrogen) atoms. The maximum Gasteiger partial charge on any atom is 0.287 e. The quantitative estimate of drug-likeness (QED) is 0.886. The second kappa shape index (κ2) is 7.47. The molecule has 0 saturated heterocycles. The average molecular weight is 323 g/mol. The van der Waals surface area contributed by atoms with Gasteiger partial charge in [0.1, 0.15) is 5.76 Å². The lowest BCUT2D eigenvalue weighted by atomic mass is 10.1. The van der Waals surface area contributed by atoms with Gasteiger partial charge in [-0.2, -0.15) is 0 Å². The van der Waals surface area contributed by atoms with Crippen molar-refractivity contribution in [2.24, 2.45) is 5.73 Å². The average Bonchev–Trinajstić information content (AvgIpc) is 2.97. The first kappa shape index (κ1) is 18.3. The summed E-state index contributed by atoms with van der Waals surface area (Å²) in [5.74, 6) is 0.737. The monoisotopic (exact) mass is 322 g/mol. The molecular formula is C17H23ClN2O2. The second-order valence-electron chi connectivity index (χ2n) is 5.76. The van der Waals surface area contributed by atoms with E-state index in [-0.39, 0.29) is 18.3 Å². The number of aryl methyl sites for hydroxylation is 1. The smallest absolute Gasteiger partial charge is 0.287 e. The number of hydrogen-bond acceptors (Lipinski definition) is 3. The number of amides is 1. The molecule has 0 aliphatic rings. The Labute approximate surface area is 137 Å². The Hall–Kier alpha value is -1.78. The molecule has 0 bridgehead atoms. The third kappa shape index (κ3) is 4.36. The van der Waals surface area contributed by atoms with Gasteiger partial charge in [0.15, 0.2) is 5.76 Å². The van der Waals surface area contributed by atoms with Gasteiger partial charge >= 0.3 is 0 Å². The van der Waals surface area contributed by atoms with Crippen LogP contribution in [0.3, 0.4) is 0 Å². The summed E-state index contributed by atoms with van der Waals surface area (Å²) in [5, 5.41) is 2.85. The van der Waals surface area contributed by atoms with Crippen molar-refractivity contribution >= 4 is 18.3 Å². The third-order valence-corrected chi connectivity index (χ3v) is 3.44. The van der Waals surface area contributed by atoms with Crippen LogP contribution in [0, 0.1) is 0 Å². The number of nitrogens with two attached hydrogens (primary N) is 1. The van der Waals surface area contributed by atoms with E-state index in [1.165, 1.54) is 5.56 Å². The Morgan fingerprint density at radius 2 is 1.82 bits per heavy atom. The van der Waals surface area contributed by atoms with Gasteiger partial charge in [-0.1, -0.05) is 31.2 Å². The zero-order valence-electron chi connectivity index (χ0n) is 13.2. The summed E-state index contributed by atoms with van der Waals surface area (Å²) in [4.78, 5) is 12.1. The summed E-state index contributed by atoms with van der Waals surface area (Å²) < 4.78 is 5.64. The highest BCUT2D eigenvalue weighted by Gasteiger charge is 2.21. The van der Waals surface area contributed by atoms with Crippen molar-refractivity contribution in [3.05, 3.63) is 47.7 Å². The Kier molecular flexibility index (Phi) is 6.21. The molecule has 120 valence electrons. The minimum absolute atomic E-state index is 0. The molecule has 2 aromatic rings. The van der Waals surface area contributed by atoms with Crippen molar-refractivity contribution in [1.82, 2.24) is 5.32 Å². The summed E-state index contributed by atoms with van der Waals surface area (Å²) in [5.41, 5.74) is 7.39. The predicted octanol–water partition coefficient (Wildman–Crippen LogP) is 3.40. The van der Waals surface area contributed by atoms with Crippen LogP contribution in [0.4, 0.5) is 0 Å². The minimum atomic E-state index is -0.452. The summed E-state index contributed by atoms with van der Waals surface area (Å²) in [6.45, 7) is 6.23. The molecule has 0 fully saturated rings. The highest BCUT2D eigenvalue weighted by molar-refractivity contribution is 5.92. The van der Waals surface area contributed by atoms with E-state index in [9.17, 15) is 4.79 Å². The van der Waals surface area contributed by atoms with Crippen LogP contribution in [0.2, 0.25) is 0 Å². The standard InChI is InChI=1S/C17H22N2O2.ClH/c1-4-12-5-7-13(8-6-12)14-9-10-15(21-14)16(20)19-17(2,3)11-18;/h5-10H,4,11,18H2,1-3H3,(H,19,20);1H. The first-order valence-electron chi connectivity index (χ1n) is 7.17. The first-order chi connectivity index (χ1) is 9.95. The van der Waals surface area contributed by atoms with Gasteiger partial charge in [0.05, 0.1) is 0 Å². The molecule has 0 spiro atoms. The number of halogens is 1. The van der Waals surface area contributed by atoms with Gasteiger partial charge in [-0.15, -0.1) is 12.4 Å². The van der Waals surface area contributed by atoms with Crippen LogP contribution in [0.15, 0.2) is 40.8 Å². The van der Waals surface area contributed by atoms with Crippen molar-refractivity contribution in [2.45, 2.75) is 32.7 Å². The number of furan rings is 1. The lowest BCUT2D eigenvalue weighted by Gasteiger charge is -2.23. The lowest BCUT2D eigenvalue weighted by Crippen LogP contribution is -2.48. The van der Waals surface area contributed by atoms with Crippen molar-refractivity contribution in [3.8, 4) is 11.3 Å². The number of benzene rings is 1. The first-order valence-corrected chi connectivity index (χ1v) is 7.17. The highest BCUT2D eigenvalue weighted by atomic mass is 35.5. The Bertz CT molecular complexity index is 618. The van der Waals surface area contributed by atoms with Gasteiger partial charge in [0, 0.05) is 17.6 Å². The van der Waals surface area contributed by atoms with Crippen LogP contribution in [0.25, 0.3) is 11.3 Å². The Balaban J connectivity index is 0.00000242. The van der Waals surface area contributed by atoms with Crippen LogP contribution < -0.4 is 11.1 Å². The summed E-state index contributed by atoms with van der Waals surface area (Å²) in [6, 6.07) is 11.6. The van der Waals surface area contributed by atoms with Gasteiger partial charge in [-0.3, -0.25) is 4.79 Å².